The van der Waals surface area contributed by atoms with Crippen LogP contribution in [0.5, 0.6) is 0 Å². The standard InChI is InChI=1S/C11H12BrNO2/c1-7(2)10(11(14)15)13-9-5-3-4-8(12)6-9/h3-6,10,13H,1H2,2H3,(H,14,15). The van der Waals surface area contributed by atoms with E-state index in [-0.39, 0.29) is 0 Å². The van der Waals surface area contributed by atoms with Crippen LogP contribution in [0.4, 0.5) is 5.69 Å². The van der Waals surface area contributed by atoms with Crippen molar-refractivity contribution >= 4 is 27.6 Å². The number of anilines is 1. The number of carboxylic acid groups (broad SMARTS) is 1. The van der Waals surface area contributed by atoms with Gasteiger partial charge < -0.3 is 10.4 Å². The zero-order chi connectivity index (χ0) is 11.4. The zero-order valence-electron chi connectivity index (χ0n) is 8.33. The molecule has 0 radical (unpaired) electrons. The van der Waals surface area contributed by atoms with E-state index in [0.29, 0.717) is 5.57 Å². The molecule has 1 rings (SSSR count). The van der Waals surface area contributed by atoms with Crippen LogP contribution in [0.2, 0.25) is 0 Å². The van der Waals surface area contributed by atoms with Crippen LogP contribution in [0.3, 0.4) is 0 Å². The van der Waals surface area contributed by atoms with E-state index >= 15 is 0 Å². The molecule has 80 valence electrons. The molecule has 3 nitrogen and oxygen atoms in total. The minimum absolute atomic E-state index is 0.572. The minimum Gasteiger partial charge on any atom is -0.479 e. The molecular formula is C11H12BrNO2. The summed E-state index contributed by atoms with van der Waals surface area (Å²) in [7, 11) is 0. The maximum Gasteiger partial charge on any atom is 0.330 e. The Morgan fingerprint density at radius 2 is 2.27 bits per heavy atom. The minimum atomic E-state index is -0.928. The molecule has 0 aliphatic carbocycles. The summed E-state index contributed by atoms with van der Waals surface area (Å²) in [5.41, 5.74) is 1.32. The van der Waals surface area contributed by atoms with Gasteiger partial charge in [-0.2, -0.15) is 0 Å². The Balaban J connectivity index is 2.83. The Kier molecular flexibility index (Phi) is 3.91. The molecule has 0 aromatic heterocycles. The lowest BCUT2D eigenvalue weighted by molar-refractivity contribution is -0.137. The lowest BCUT2D eigenvalue weighted by Gasteiger charge is -2.15. The van der Waals surface area contributed by atoms with E-state index < -0.39 is 12.0 Å². The summed E-state index contributed by atoms with van der Waals surface area (Å²) in [4.78, 5) is 10.9. The van der Waals surface area contributed by atoms with E-state index in [2.05, 4.69) is 27.8 Å². The average Bonchev–Trinajstić information content (AvgIpc) is 2.13. The van der Waals surface area contributed by atoms with Crippen LogP contribution in [-0.4, -0.2) is 17.1 Å². The molecule has 4 heteroatoms. The first-order chi connectivity index (χ1) is 7.00. The van der Waals surface area contributed by atoms with Crippen LogP contribution < -0.4 is 5.32 Å². The Hall–Kier alpha value is -1.29. The van der Waals surface area contributed by atoms with Crippen LogP contribution >= 0.6 is 15.9 Å². The maximum atomic E-state index is 10.9. The van der Waals surface area contributed by atoms with Gasteiger partial charge in [0.25, 0.3) is 0 Å². The van der Waals surface area contributed by atoms with E-state index in [1.54, 1.807) is 6.92 Å². The van der Waals surface area contributed by atoms with Crippen LogP contribution in [0.15, 0.2) is 40.9 Å². The maximum absolute atomic E-state index is 10.9. The number of hydrogen-bond donors (Lipinski definition) is 2. The summed E-state index contributed by atoms with van der Waals surface area (Å²) < 4.78 is 0.901. The number of carboxylic acids is 1. The lowest BCUT2D eigenvalue weighted by atomic mass is 10.1. The Morgan fingerprint density at radius 3 is 2.73 bits per heavy atom. The number of benzene rings is 1. The smallest absolute Gasteiger partial charge is 0.330 e. The molecule has 0 aliphatic rings. The number of hydrogen-bond acceptors (Lipinski definition) is 2. The molecule has 0 bridgehead atoms. The third kappa shape index (κ3) is 3.40. The highest BCUT2D eigenvalue weighted by Crippen LogP contribution is 2.17. The van der Waals surface area contributed by atoms with Gasteiger partial charge in [-0.1, -0.05) is 28.6 Å². The molecule has 0 fully saturated rings. The van der Waals surface area contributed by atoms with Crippen molar-refractivity contribution in [1.29, 1.82) is 0 Å². The van der Waals surface area contributed by atoms with Crippen molar-refractivity contribution in [2.24, 2.45) is 0 Å². The van der Waals surface area contributed by atoms with Crippen LogP contribution in [-0.2, 0) is 4.79 Å². The molecule has 1 unspecified atom stereocenters. The largest absolute Gasteiger partial charge is 0.479 e. The predicted molar refractivity (Wildman–Crippen MR) is 64.0 cm³/mol. The topological polar surface area (TPSA) is 49.3 Å². The highest BCUT2D eigenvalue weighted by atomic mass is 79.9. The summed E-state index contributed by atoms with van der Waals surface area (Å²) in [5.74, 6) is -0.928. The summed E-state index contributed by atoms with van der Waals surface area (Å²) >= 11 is 3.32. The second-order valence-electron chi connectivity index (χ2n) is 3.27. The Bertz CT molecular complexity index is 376. The molecule has 15 heavy (non-hydrogen) atoms. The fourth-order valence-corrected chi connectivity index (χ4v) is 1.54. The quantitative estimate of drug-likeness (QED) is 0.827. The monoisotopic (exact) mass is 269 g/mol. The average molecular weight is 270 g/mol. The van der Waals surface area contributed by atoms with Gasteiger partial charge >= 0.3 is 5.97 Å². The first kappa shape index (κ1) is 11.8. The summed E-state index contributed by atoms with van der Waals surface area (Å²) in [6.45, 7) is 5.32. The second-order valence-corrected chi connectivity index (χ2v) is 4.19. The molecule has 0 heterocycles. The van der Waals surface area contributed by atoms with Gasteiger partial charge in [-0.15, -0.1) is 0 Å². The molecule has 0 spiro atoms. The predicted octanol–water partition coefficient (Wildman–Crippen LogP) is 2.89. The third-order valence-electron chi connectivity index (χ3n) is 1.88. The van der Waals surface area contributed by atoms with Crippen molar-refractivity contribution in [3.8, 4) is 0 Å². The summed E-state index contributed by atoms with van der Waals surface area (Å²) in [5, 5.41) is 11.8. The van der Waals surface area contributed by atoms with E-state index in [9.17, 15) is 4.79 Å². The van der Waals surface area contributed by atoms with Crippen LogP contribution in [0, 0.1) is 0 Å². The lowest BCUT2D eigenvalue weighted by Crippen LogP contribution is -2.29. The fraction of sp³-hybridized carbons (Fsp3) is 0.182. The van der Waals surface area contributed by atoms with Gasteiger partial charge in [0.15, 0.2) is 0 Å². The Morgan fingerprint density at radius 1 is 1.60 bits per heavy atom. The van der Waals surface area contributed by atoms with Gasteiger partial charge in [0.2, 0.25) is 0 Å². The molecule has 2 N–H and O–H groups in total. The number of aliphatic carboxylic acids is 1. The van der Waals surface area contributed by atoms with E-state index in [1.807, 2.05) is 24.3 Å². The molecule has 0 aliphatic heterocycles. The number of halogens is 1. The highest BCUT2D eigenvalue weighted by molar-refractivity contribution is 9.10. The molecule has 1 atom stereocenters. The zero-order valence-corrected chi connectivity index (χ0v) is 9.91. The number of rotatable bonds is 4. The van der Waals surface area contributed by atoms with Gasteiger partial charge in [0, 0.05) is 10.2 Å². The Labute approximate surface area is 96.9 Å². The van der Waals surface area contributed by atoms with E-state index in [4.69, 9.17) is 5.11 Å². The van der Waals surface area contributed by atoms with Gasteiger partial charge in [0.1, 0.15) is 6.04 Å². The summed E-state index contributed by atoms with van der Waals surface area (Å²) in [6, 6.07) is 6.59. The normalized spacial score (nSPS) is 11.9. The van der Waals surface area contributed by atoms with Gasteiger partial charge in [-0.25, -0.2) is 4.79 Å². The van der Waals surface area contributed by atoms with Crippen molar-refractivity contribution < 1.29 is 9.90 Å². The van der Waals surface area contributed by atoms with Crippen molar-refractivity contribution in [3.63, 3.8) is 0 Å². The SMILES string of the molecule is C=C(C)C(Nc1cccc(Br)c1)C(=O)O. The van der Waals surface area contributed by atoms with Gasteiger partial charge in [-0.3, -0.25) is 0 Å². The second kappa shape index (κ2) is 4.98. The van der Waals surface area contributed by atoms with Crippen molar-refractivity contribution in [3.05, 3.63) is 40.9 Å². The highest BCUT2D eigenvalue weighted by Gasteiger charge is 2.17. The van der Waals surface area contributed by atoms with Crippen LogP contribution in [0.1, 0.15) is 6.92 Å². The molecular weight excluding hydrogens is 258 g/mol. The molecule has 0 saturated heterocycles. The van der Waals surface area contributed by atoms with E-state index in [0.717, 1.165) is 10.2 Å². The first-order valence-electron chi connectivity index (χ1n) is 4.41. The summed E-state index contributed by atoms with van der Waals surface area (Å²) in [6.07, 6.45) is 0. The van der Waals surface area contributed by atoms with E-state index in [1.165, 1.54) is 0 Å². The molecule has 0 saturated carbocycles. The van der Waals surface area contributed by atoms with Gasteiger partial charge in [0.05, 0.1) is 0 Å². The van der Waals surface area contributed by atoms with Crippen LogP contribution in [0.25, 0.3) is 0 Å². The van der Waals surface area contributed by atoms with Gasteiger partial charge in [-0.05, 0) is 30.7 Å². The number of nitrogens with one attached hydrogen (secondary N) is 1. The van der Waals surface area contributed by atoms with Crippen molar-refractivity contribution in [1.82, 2.24) is 0 Å². The third-order valence-corrected chi connectivity index (χ3v) is 2.37. The van der Waals surface area contributed by atoms with Crippen molar-refractivity contribution in [2.75, 3.05) is 5.32 Å². The molecule has 1 aromatic rings. The first-order valence-corrected chi connectivity index (χ1v) is 5.20. The van der Waals surface area contributed by atoms with Crippen molar-refractivity contribution in [2.45, 2.75) is 13.0 Å². The molecule has 0 amide bonds. The molecule has 1 aromatic carbocycles. The fourth-order valence-electron chi connectivity index (χ4n) is 1.14. The number of carbonyl (C=O) groups is 1.